The second-order valence-electron chi connectivity index (χ2n) is 6.50. The lowest BCUT2D eigenvalue weighted by molar-refractivity contribution is 0.0943. The molecule has 0 spiro atoms. The van der Waals surface area contributed by atoms with Gasteiger partial charge in [0.1, 0.15) is 0 Å². The number of benzene rings is 1. The lowest BCUT2D eigenvalue weighted by atomic mass is 9.88. The number of amides is 1. The third-order valence-electron chi connectivity index (χ3n) is 4.38. The highest BCUT2D eigenvalue weighted by atomic mass is 32.2. The maximum Gasteiger partial charge on any atom is 0.270 e. The van der Waals surface area contributed by atoms with E-state index >= 15 is 0 Å². The van der Waals surface area contributed by atoms with Crippen LogP contribution in [0, 0.1) is 5.92 Å². The molecule has 0 bridgehead atoms. The van der Waals surface area contributed by atoms with Crippen LogP contribution in [0.5, 0.6) is 0 Å². The molecule has 144 valence electrons. The average molecular weight is 425 g/mol. The number of nitrogens with one attached hydrogen (secondary N) is 3. The van der Waals surface area contributed by atoms with Gasteiger partial charge in [0.2, 0.25) is 10.0 Å². The van der Waals surface area contributed by atoms with Crippen molar-refractivity contribution in [3.05, 3.63) is 45.6 Å². The first-order chi connectivity index (χ1) is 12.7. The van der Waals surface area contributed by atoms with Crippen molar-refractivity contribution in [1.29, 1.82) is 0 Å². The van der Waals surface area contributed by atoms with Crippen LogP contribution in [0.2, 0.25) is 0 Å². The molecular formula is C17H20N4O3S3. The molecule has 0 saturated carbocycles. The number of hydrogen-bond donors (Lipinski definition) is 4. The molecule has 1 heterocycles. The summed E-state index contributed by atoms with van der Waals surface area (Å²) in [7, 11) is -3.74. The van der Waals surface area contributed by atoms with Gasteiger partial charge >= 0.3 is 0 Å². The summed E-state index contributed by atoms with van der Waals surface area (Å²) >= 11 is 6.78. The van der Waals surface area contributed by atoms with E-state index in [-0.39, 0.29) is 15.9 Å². The maximum atomic E-state index is 12.4. The minimum atomic E-state index is -3.74. The van der Waals surface area contributed by atoms with Gasteiger partial charge in [-0.15, -0.1) is 11.3 Å². The Hall–Kier alpha value is -2.01. The van der Waals surface area contributed by atoms with Crippen LogP contribution in [-0.4, -0.2) is 19.4 Å². The van der Waals surface area contributed by atoms with Crippen molar-refractivity contribution in [2.75, 3.05) is 5.32 Å². The second-order valence-corrected chi connectivity index (χ2v) is 9.44. The van der Waals surface area contributed by atoms with E-state index in [2.05, 4.69) is 23.1 Å². The topological polar surface area (TPSA) is 113 Å². The maximum absolute atomic E-state index is 12.4. The lowest BCUT2D eigenvalue weighted by Gasteiger charge is -2.19. The fraction of sp³-hybridized carbons (Fsp3) is 0.294. The molecule has 1 atom stereocenters. The van der Waals surface area contributed by atoms with Crippen molar-refractivity contribution < 1.29 is 13.2 Å². The monoisotopic (exact) mass is 424 g/mol. The molecule has 3 rings (SSSR count). The molecule has 10 heteroatoms. The molecule has 1 aromatic heterocycles. The molecule has 1 aromatic carbocycles. The van der Waals surface area contributed by atoms with Gasteiger partial charge in [-0.25, -0.2) is 13.6 Å². The van der Waals surface area contributed by atoms with Gasteiger partial charge in [0.15, 0.2) is 5.11 Å². The van der Waals surface area contributed by atoms with E-state index in [0.29, 0.717) is 17.2 Å². The summed E-state index contributed by atoms with van der Waals surface area (Å²) in [4.78, 5) is 13.7. The van der Waals surface area contributed by atoms with Crippen LogP contribution in [0.25, 0.3) is 0 Å². The third kappa shape index (κ3) is 4.83. The standard InChI is InChI=1S/C17H20N4O3S3/c1-10-2-7-13-14(9-26-15(13)8-10)16(22)20-21-17(25)19-11-3-5-12(6-4-11)27(18,23)24/h3-6,9-10H,2,7-8H2,1H3,(H,20,22)(H2,18,23,24)(H2,19,21,25). The van der Waals surface area contributed by atoms with Gasteiger partial charge in [0, 0.05) is 15.9 Å². The molecule has 1 aliphatic rings. The number of thiocarbonyl (C=S) groups is 1. The molecular weight excluding hydrogens is 404 g/mol. The largest absolute Gasteiger partial charge is 0.331 e. The van der Waals surface area contributed by atoms with E-state index in [4.69, 9.17) is 17.4 Å². The first kappa shape index (κ1) is 19.7. The molecule has 27 heavy (non-hydrogen) atoms. The average Bonchev–Trinajstić information content (AvgIpc) is 3.02. The number of fused-ring (bicyclic) bond motifs is 1. The number of anilines is 1. The highest BCUT2D eigenvalue weighted by molar-refractivity contribution is 7.89. The van der Waals surface area contributed by atoms with E-state index in [1.54, 1.807) is 11.3 Å². The second kappa shape index (κ2) is 7.93. The highest BCUT2D eigenvalue weighted by Gasteiger charge is 2.23. The number of primary sulfonamides is 1. The summed E-state index contributed by atoms with van der Waals surface area (Å²) in [6.07, 6.45) is 3.03. The molecule has 1 amide bonds. The van der Waals surface area contributed by atoms with E-state index in [9.17, 15) is 13.2 Å². The highest BCUT2D eigenvalue weighted by Crippen LogP contribution is 2.32. The molecule has 1 aliphatic carbocycles. The zero-order valence-electron chi connectivity index (χ0n) is 14.6. The number of carbonyl (C=O) groups is 1. The number of hydrogen-bond acceptors (Lipinski definition) is 5. The minimum absolute atomic E-state index is 0.0109. The summed E-state index contributed by atoms with van der Waals surface area (Å²) in [6.45, 7) is 2.23. The molecule has 0 saturated heterocycles. The summed E-state index contributed by atoms with van der Waals surface area (Å²) in [5, 5.41) is 10.00. The number of rotatable bonds is 3. The number of hydrazine groups is 1. The first-order valence-electron chi connectivity index (χ1n) is 8.33. The van der Waals surface area contributed by atoms with Gasteiger partial charge in [-0.05, 0) is 67.2 Å². The predicted octanol–water partition coefficient (Wildman–Crippen LogP) is 2.15. The Morgan fingerprint density at radius 1 is 1.26 bits per heavy atom. The van der Waals surface area contributed by atoms with Crippen LogP contribution in [-0.2, 0) is 22.9 Å². The van der Waals surface area contributed by atoms with Crippen molar-refractivity contribution in [1.82, 2.24) is 10.9 Å². The Labute approximate surface area is 167 Å². The first-order valence-corrected chi connectivity index (χ1v) is 11.2. The Kier molecular flexibility index (Phi) is 5.80. The third-order valence-corrected chi connectivity index (χ3v) is 6.56. The summed E-state index contributed by atoms with van der Waals surface area (Å²) in [6, 6.07) is 5.81. The van der Waals surface area contributed by atoms with Gasteiger partial charge in [-0.2, -0.15) is 0 Å². The van der Waals surface area contributed by atoms with Crippen molar-refractivity contribution in [2.24, 2.45) is 11.1 Å². The fourth-order valence-corrected chi connectivity index (χ4v) is 4.87. The smallest absolute Gasteiger partial charge is 0.270 e. The van der Waals surface area contributed by atoms with Crippen molar-refractivity contribution in [3.63, 3.8) is 0 Å². The molecule has 1 unspecified atom stereocenters. The summed E-state index contributed by atoms with van der Waals surface area (Å²) < 4.78 is 22.5. The predicted molar refractivity (Wildman–Crippen MR) is 110 cm³/mol. The number of nitrogens with two attached hydrogens (primary N) is 1. The Balaban J connectivity index is 1.56. The zero-order chi connectivity index (χ0) is 19.6. The number of thiophene rings is 1. The van der Waals surface area contributed by atoms with Gasteiger partial charge in [-0.1, -0.05) is 6.92 Å². The molecule has 5 N–H and O–H groups in total. The van der Waals surface area contributed by atoms with E-state index < -0.39 is 10.0 Å². The zero-order valence-corrected chi connectivity index (χ0v) is 17.1. The minimum Gasteiger partial charge on any atom is -0.331 e. The molecule has 2 aromatic rings. The van der Waals surface area contributed by atoms with Crippen LogP contribution >= 0.6 is 23.6 Å². The molecule has 0 fully saturated rings. The lowest BCUT2D eigenvalue weighted by Crippen LogP contribution is -2.44. The van der Waals surface area contributed by atoms with Crippen LogP contribution in [0.3, 0.4) is 0 Å². The van der Waals surface area contributed by atoms with Gasteiger partial charge in [0.25, 0.3) is 5.91 Å². The Morgan fingerprint density at radius 3 is 2.63 bits per heavy atom. The van der Waals surface area contributed by atoms with Crippen molar-refractivity contribution in [3.8, 4) is 0 Å². The van der Waals surface area contributed by atoms with Crippen LogP contribution in [0.4, 0.5) is 5.69 Å². The Bertz CT molecular complexity index is 968. The van der Waals surface area contributed by atoms with E-state index in [1.807, 2.05) is 5.38 Å². The fourth-order valence-electron chi connectivity index (χ4n) is 2.94. The van der Waals surface area contributed by atoms with Gasteiger partial charge in [-0.3, -0.25) is 15.6 Å². The normalized spacial score (nSPS) is 16.3. The van der Waals surface area contributed by atoms with Crippen LogP contribution < -0.4 is 21.3 Å². The number of carbonyl (C=O) groups excluding carboxylic acids is 1. The summed E-state index contributed by atoms with van der Waals surface area (Å²) in [5.74, 6) is 0.429. The summed E-state index contributed by atoms with van der Waals surface area (Å²) in [5.41, 5.74) is 7.65. The van der Waals surface area contributed by atoms with Crippen LogP contribution in [0.1, 0.15) is 34.1 Å². The molecule has 0 aliphatic heterocycles. The van der Waals surface area contributed by atoms with Crippen LogP contribution in [0.15, 0.2) is 34.5 Å². The van der Waals surface area contributed by atoms with Crippen molar-refractivity contribution in [2.45, 2.75) is 31.1 Å². The van der Waals surface area contributed by atoms with E-state index in [1.165, 1.54) is 29.1 Å². The van der Waals surface area contributed by atoms with Gasteiger partial charge in [0.05, 0.1) is 10.5 Å². The Morgan fingerprint density at radius 2 is 1.96 bits per heavy atom. The SMILES string of the molecule is CC1CCc2c(C(=O)NNC(=S)Nc3ccc(S(N)(=O)=O)cc3)csc2C1. The number of sulfonamides is 1. The molecule has 0 radical (unpaired) electrons. The van der Waals surface area contributed by atoms with Crippen molar-refractivity contribution >= 4 is 50.3 Å². The molecule has 7 nitrogen and oxygen atoms in total. The quantitative estimate of drug-likeness (QED) is 0.444. The van der Waals surface area contributed by atoms with Gasteiger partial charge < -0.3 is 5.32 Å². The van der Waals surface area contributed by atoms with E-state index in [0.717, 1.165) is 24.8 Å².